The maximum absolute atomic E-state index is 5.84. The number of unbranched alkanes of at least 4 members (excludes halogenated alkanes) is 1. The zero-order valence-corrected chi connectivity index (χ0v) is 10.5. The van der Waals surface area contributed by atoms with Gasteiger partial charge in [-0.1, -0.05) is 25.5 Å². The lowest BCUT2D eigenvalue weighted by Crippen LogP contribution is -2.34. The van der Waals surface area contributed by atoms with E-state index in [0.29, 0.717) is 6.61 Å². The molecule has 0 spiro atoms. The van der Waals surface area contributed by atoms with Crippen LogP contribution in [0.1, 0.15) is 33.6 Å². The second-order valence-corrected chi connectivity index (χ2v) is 4.50. The molecule has 0 aliphatic heterocycles. The van der Waals surface area contributed by atoms with E-state index in [4.69, 9.17) is 9.47 Å². The lowest BCUT2D eigenvalue weighted by Gasteiger charge is -2.26. The Balaban J connectivity index is 2.33. The largest absolute Gasteiger partial charge is 0.485 e. The van der Waals surface area contributed by atoms with Gasteiger partial charge in [-0.2, -0.15) is 0 Å². The third-order valence-electron chi connectivity index (χ3n) is 2.17. The fourth-order valence-corrected chi connectivity index (χ4v) is 1.35. The highest BCUT2D eigenvalue weighted by atomic mass is 16.5. The molecule has 0 fully saturated rings. The molecule has 16 heavy (non-hydrogen) atoms. The summed E-state index contributed by atoms with van der Waals surface area (Å²) in [5.41, 5.74) is -0.283. The normalized spacial score (nSPS) is 11.4. The fourth-order valence-electron chi connectivity index (χ4n) is 1.35. The first-order valence-corrected chi connectivity index (χ1v) is 5.87. The van der Waals surface area contributed by atoms with Crippen molar-refractivity contribution in [2.75, 3.05) is 13.2 Å². The standard InChI is InChI=1S/C14H21O2/c1-4-5-11-15-12-14(2,3)16-13-9-7-6-8-10-13/h7-10H,4-5,11-12H2,1-3H3. The lowest BCUT2D eigenvalue weighted by atomic mass is 10.1. The summed E-state index contributed by atoms with van der Waals surface area (Å²) in [6.07, 6.45) is 2.27. The van der Waals surface area contributed by atoms with E-state index in [1.807, 2.05) is 38.1 Å². The lowest BCUT2D eigenvalue weighted by molar-refractivity contribution is -0.00402. The third kappa shape index (κ3) is 5.17. The van der Waals surface area contributed by atoms with Gasteiger partial charge in [-0.05, 0) is 38.5 Å². The number of benzene rings is 1. The summed E-state index contributed by atoms with van der Waals surface area (Å²) in [6.45, 7) is 7.66. The predicted molar refractivity (Wildman–Crippen MR) is 65.7 cm³/mol. The van der Waals surface area contributed by atoms with Crippen LogP contribution in [0.25, 0.3) is 0 Å². The maximum Gasteiger partial charge on any atom is 0.127 e. The van der Waals surface area contributed by atoms with E-state index in [2.05, 4.69) is 13.0 Å². The Bertz CT molecular complexity index is 280. The summed E-state index contributed by atoms with van der Waals surface area (Å²) in [5, 5.41) is 0. The maximum atomic E-state index is 5.84. The van der Waals surface area contributed by atoms with Gasteiger partial charge in [-0.25, -0.2) is 0 Å². The molecule has 0 atom stereocenters. The number of hydrogen-bond acceptors (Lipinski definition) is 2. The molecule has 0 heterocycles. The van der Waals surface area contributed by atoms with Crippen LogP contribution >= 0.6 is 0 Å². The van der Waals surface area contributed by atoms with Crippen LogP contribution in [0.15, 0.2) is 24.3 Å². The molecule has 1 radical (unpaired) electrons. The van der Waals surface area contributed by atoms with Gasteiger partial charge in [0.1, 0.15) is 11.4 Å². The van der Waals surface area contributed by atoms with Gasteiger partial charge in [0.2, 0.25) is 0 Å². The highest BCUT2D eigenvalue weighted by molar-refractivity contribution is 5.21. The van der Waals surface area contributed by atoms with Gasteiger partial charge < -0.3 is 9.47 Å². The Morgan fingerprint density at radius 1 is 1.25 bits per heavy atom. The quantitative estimate of drug-likeness (QED) is 0.656. The Labute approximate surface area is 98.6 Å². The van der Waals surface area contributed by atoms with Crippen LogP contribution in [0.5, 0.6) is 5.75 Å². The molecule has 0 saturated carbocycles. The summed E-state index contributed by atoms with van der Waals surface area (Å²) < 4.78 is 11.4. The molecule has 2 heteroatoms. The minimum Gasteiger partial charge on any atom is -0.485 e. The van der Waals surface area contributed by atoms with Crippen molar-refractivity contribution in [3.8, 4) is 5.75 Å². The molecule has 0 saturated heterocycles. The molecule has 0 unspecified atom stereocenters. The van der Waals surface area contributed by atoms with E-state index in [1.54, 1.807) is 0 Å². The molecular weight excluding hydrogens is 200 g/mol. The zero-order chi connectivity index (χ0) is 11.9. The van der Waals surface area contributed by atoms with Crippen molar-refractivity contribution in [2.24, 2.45) is 0 Å². The Morgan fingerprint density at radius 2 is 1.94 bits per heavy atom. The number of rotatable bonds is 7. The van der Waals surface area contributed by atoms with Crippen LogP contribution in [0.4, 0.5) is 0 Å². The first-order valence-electron chi connectivity index (χ1n) is 5.87. The molecular formula is C14H21O2. The number of ether oxygens (including phenoxy) is 2. The van der Waals surface area contributed by atoms with Crippen molar-refractivity contribution >= 4 is 0 Å². The molecule has 1 aromatic carbocycles. The van der Waals surface area contributed by atoms with Crippen molar-refractivity contribution < 1.29 is 9.47 Å². The first kappa shape index (κ1) is 13.0. The average Bonchev–Trinajstić information content (AvgIpc) is 2.25. The molecule has 89 valence electrons. The van der Waals surface area contributed by atoms with Gasteiger partial charge in [0.05, 0.1) is 6.61 Å². The second kappa shape index (κ2) is 6.54. The summed E-state index contributed by atoms with van der Waals surface area (Å²) in [5.74, 6) is 0.864. The van der Waals surface area contributed by atoms with Crippen LogP contribution in [-0.4, -0.2) is 18.8 Å². The average molecular weight is 221 g/mol. The summed E-state index contributed by atoms with van der Waals surface area (Å²) in [7, 11) is 0. The zero-order valence-electron chi connectivity index (χ0n) is 10.5. The van der Waals surface area contributed by atoms with Crippen molar-refractivity contribution in [2.45, 2.75) is 39.2 Å². The van der Waals surface area contributed by atoms with Gasteiger partial charge in [0, 0.05) is 6.61 Å². The summed E-state index contributed by atoms with van der Waals surface area (Å²) in [6, 6.07) is 10.5. The van der Waals surface area contributed by atoms with Gasteiger partial charge in [0.15, 0.2) is 0 Å². The van der Waals surface area contributed by atoms with Crippen LogP contribution in [0.2, 0.25) is 0 Å². The minimum absolute atomic E-state index is 0.283. The van der Waals surface area contributed by atoms with E-state index < -0.39 is 0 Å². The molecule has 0 N–H and O–H groups in total. The van der Waals surface area contributed by atoms with Crippen molar-refractivity contribution in [3.05, 3.63) is 30.3 Å². The molecule has 1 aromatic rings. The van der Waals surface area contributed by atoms with Crippen LogP contribution in [0, 0.1) is 6.07 Å². The molecule has 0 aliphatic rings. The molecule has 0 bridgehead atoms. The van der Waals surface area contributed by atoms with Crippen molar-refractivity contribution in [1.29, 1.82) is 0 Å². The Morgan fingerprint density at radius 3 is 2.56 bits per heavy atom. The molecule has 0 amide bonds. The monoisotopic (exact) mass is 221 g/mol. The predicted octanol–water partition coefficient (Wildman–Crippen LogP) is 3.46. The first-order chi connectivity index (χ1) is 7.64. The van der Waals surface area contributed by atoms with Crippen LogP contribution < -0.4 is 4.74 Å². The summed E-state index contributed by atoms with van der Waals surface area (Å²) in [4.78, 5) is 0. The van der Waals surface area contributed by atoms with Crippen molar-refractivity contribution in [3.63, 3.8) is 0 Å². The SMILES string of the molecule is CCCCOCC(C)(C)Oc1cc[c]cc1. The smallest absolute Gasteiger partial charge is 0.127 e. The highest BCUT2D eigenvalue weighted by Crippen LogP contribution is 2.17. The van der Waals surface area contributed by atoms with Crippen LogP contribution in [-0.2, 0) is 4.74 Å². The van der Waals surface area contributed by atoms with Gasteiger partial charge in [0.25, 0.3) is 0 Å². The molecule has 2 nitrogen and oxygen atoms in total. The van der Waals surface area contributed by atoms with Gasteiger partial charge in [-0.15, -0.1) is 0 Å². The fraction of sp³-hybridized carbons (Fsp3) is 0.571. The van der Waals surface area contributed by atoms with E-state index >= 15 is 0 Å². The molecule has 1 rings (SSSR count). The second-order valence-electron chi connectivity index (χ2n) is 4.50. The van der Waals surface area contributed by atoms with E-state index in [0.717, 1.165) is 25.2 Å². The minimum atomic E-state index is -0.283. The molecule has 0 aromatic heterocycles. The highest BCUT2D eigenvalue weighted by Gasteiger charge is 2.19. The van der Waals surface area contributed by atoms with E-state index in [1.165, 1.54) is 0 Å². The number of hydrogen-bond donors (Lipinski definition) is 0. The third-order valence-corrected chi connectivity index (χ3v) is 2.17. The molecule has 0 aliphatic carbocycles. The van der Waals surface area contributed by atoms with E-state index in [9.17, 15) is 0 Å². The Hall–Kier alpha value is -1.02. The van der Waals surface area contributed by atoms with Gasteiger partial charge >= 0.3 is 0 Å². The Kier molecular flexibility index (Phi) is 5.33. The topological polar surface area (TPSA) is 18.5 Å². The van der Waals surface area contributed by atoms with Gasteiger partial charge in [-0.3, -0.25) is 0 Å². The van der Waals surface area contributed by atoms with Crippen LogP contribution in [0.3, 0.4) is 0 Å². The van der Waals surface area contributed by atoms with E-state index in [-0.39, 0.29) is 5.60 Å². The summed E-state index contributed by atoms with van der Waals surface area (Å²) >= 11 is 0. The van der Waals surface area contributed by atoms with Crippen molar-refractivity contribution in [1.82, 2.24) is 0 Å².